The second kappa shape index (κ2) is 88.3. The second-order valence-corrected chi connectivity index (χ2v) is 32.4. The third kappa shape index (κ3) is 83.8. The van der Waals surface area contributed by atoms with Crippen LogP contribution in [0, 0.1) is 0 Å². The van der Waals surface area contributed by atoms with Crippen molar-refractivity contribution in [3.8, 4) is 0 Å². The molecule has 0 aromatic rings. The molecule has 0 bridgehead atoms. The topological polar surface area (TPSA) is 95.9 Å². The van der Waals surface area contributed by atoms with Crippen LogP contribution in [0.1, 0.15) is 553 Å². The lowest BCUT2D eigenvalue weighted by atomic mass is 10.0. The van der Waals surface area contributed by atoms with Gasteiger partial charge in [0.2, 0.25) is 5.91 Å². The monoisotopic (exact) mass is 1380 g/mol. The Bertz CT molecular complexity index is 1450. The summed E-state index contributed by atoms with van der Waals surface area (Å²) < 4.78 is 5.53. The van der Waals surface area contributed by atoms with E-state index in [9.17, 15) is 19.8 Å². The van der Waals surface area contributed by atoms with Crippen LogP contribution < -0.4 is 5.32 Å². The molecule has 3 N–H and O–H groups in total. The Morgan fingerprint density at radius 1 is 0.245 bits per heavy atom. The van der Waals surface area contributed by atoms with Crippen LogP contribution >= 0.6 is 0 Å². The van der Waals surface area contributed by atoms with E-state index in [1.54, 1.807) is 0 Å². The molecular weight excluding hydrogens is 1200 g/mol. The number of amides is 1. The maximum absolute atomic E-state index is 12.6. The Hall–Kier alpha value is -1.14. The van der Waals surface area contributed by atoms with Gasteiger partial charge in [0.1, 0.15) is 0 Å². The Labute approximate surface area is 617 Å². The summed E-state index contributed by atoms with van der Waals surface area (Å²) in [5, 5.41) is 23.5. The molecule has 0 radical (unpaired) electrons. The van der Waals surface area contributed by atoms with Gasteiger partial charge in [-0.3, -0.25) is 9.59 Å². The third-order valence-electron chi connectivity index (χ3n) is 22.4. The number of unbranched alkanes of at least 4 members (excludes halogenated alkanes) is 78. The van der Waals surface area contributed by atoms with Crippen LogP contribution in [0.25, 0.3) is 0 Å². The number of hydrogen-bond acceptors (Lipinski definition) is 5. The van der Waals surface area contributed by atoms with Crippen molar-refractivity contribution in [2.75, 3.05) is 13.2 Å². The fraction of sp³-hybridized carbons (Fsp3) is 0.978. The van der Waals surface area contributed by atoms with E-state index in [-0.39, 0.29) is 18.5 Å². The van der Waals surface area contributed by atoms with E-state index in [0.29, 0.717) is 25.9 Å². The van der Waals surface area contributed by atoms with E-state index >= 15 is 0 Å². The molecule has 0 saturated heterocycles. The molecule has 0 aliphatic rings. The van der Waals surface area contributed by atoms with Crippen molar-refractivity contribution >= 4 is 11.9 Å². The molecule has 0 spiro atoms. The number of carbonyl (C=O) groups excluding carboxylic acids is 2. The second-order valence-electron chi connectivity index (χ2n) is 32.4. The van der Waals surface area contributed by atoms with E-state index in [1.165, 1.54) is 482 Å². The van der Waals surface area contributed by atoms with Crippen molar-refractivity contribution in [3.05, 3.63) is 0 Å². The normalized spacial score (nSPS) is 12.3. The van der Waals surface area contributed by atoms with Crippen LogP contribution in [0.5, 0.6) is 0 Å². The van der Waals surface area contributed by atoms with Crippen molar-refractivity contribution in [1.29, 1.82) is 0 Å². The van der Waals surface area contributed by atoms with E-state index in [2.05, 4.69) is 19.2 Å². The molecule has 0 heterocycles. The average molecular weight is 1380 g/mol. The van der Waals surface area contributed by atoms with Gasteiger partial charge in [0, 0.05) is 12.8 Å². The lowest BCUT2D eigenvalue weighted by Gasteiger charge is -2.22. The molecule has 6 heteroatoms. The number of esters is 1. The average Bonchev–Trinajstić information content (AvgIpc) is 1.53. The molecule has 0 aromatic carbocycles. The van der Waals surface area contributed by atoms with Gasteiger partial charge in [-0.2, -0.15) is 0 Å². The van der Waals surface area contributed by atoms with E-state index < -0.39 is 12.1 Å². The first-order chi connectivity index (χ1) is 48.5. The summed E-state index contributed by atoms with van der Waals surface area (Å²) in [6.07, 6.45) is 113. The first-order valence-electron chi connectivity index (χ1n) is 46.3. The lowest BCUT2D eigenvalue weighted by molar-refractivity contribution is -0.143. The van der Waals surface area contributed by atoms with Gasteiger partial charge >= 0.3 is 5.97 Å². The predicted molar refractivity (Wildman–Crippen MR) is 435 cm³/mol. The predicted octanol–water partition coefficient (Wildman–Crippen LogP) is 31.2. The summed E-state index contributed by atoms with van der Waals surface area (Å²) in [5.74, 6) is 0.00902. The summed E-state index contributed by atoms with van der Waals surface area (Å²) in [6, 6.07) is -0.537. The zero-order valence-electron chi connectivity index (χ0n) is 67.6. The summed E-state index contributed by atoms with van der Waals surface area (Å²) >= 11 is 0. The van der Waals surface area contributed by atoms with Gasteiger partial charge < -0.3 is 20.3 Å². The first-order valence-corrected chi connectivity index (χ1v) is 46.3. The quantitative estimate of drug-likeness (QED) is 0.0417. The zero-order valence-corrected chi connectivity index (χ0v) is 67.6. The van der Waals surface area contributed by atoms with Crippen molar-refractivity contribution in [2.45, 2.75) is 565 Å². The number of carbonyl (C=O) groups is 2. The minimum atomic E-state index is -0.661. The minimum absolute atomic E-state index is 0.0217. The van der Waals surface area contributed by atoms with Gasteiger partial charge in [-0.1, -0.05) is 515 Å². The fourth-order valence-corrected chi connectivity index (χ4v) is 15.4. The summed E-state index contributed by atoms with van der Waals surface area (Å²) in [7, 11) is 0. The highest BCUT2D eigenvalue weighted by Crippen LogP contribution is 2.22. The highest BCUT2D eigenvalue weighted by atomic mass is 16.5. The number of ether oxygens (including phenoxy) is 1. The van der Waals surface area contributed by atoms with Gasteiger partial charge in [-0.25, -0.2) is 0 Å². The van der Waals surface area contributed by atoms with Crippen LogP contribution in [-0.4, -0.2) is 47.4 Å². The van der Waals surface area contributed by atoms with Crippen molar-refractivity contribution in [1.82, 2.24) is 5.32 Å². The molecule has 2 atom stereocenters. The minimum Gasteiger partial charge on any atom is -0.466 e. The maximum Gasteiger partial charge on any atom is 0.305 e. The largest absolute Gasteiger partial charge is 0.466 e. The Morgan fingerprint density at radius 3 is 0.622 bits per heavy atom. The number of aliphatic hydroxyl groups excluding tert-OH is 2. The molecule has 0 aromatic heterocycles. The molecule has 1 amide bonds. The van der Waals surface area contributed by atoms with Gasteiger partial charge in [0.25, 0.3) is 0 Å². The molecule has 0 fully saturated rings. The Morgan fingerprint density at radius 2 is 0.418 bits per heavy atom. The molecule has 586 valence electrons. The van der Waals surface area contributed by atoms with Crippen molar-refractivity contribution < 1.29 is 24.5 Å². The lowest BCUT2D eigenvalue weighted by Crippen LogP contribution is -2.45. The molecule has 0 rings (SSSR count). The maximum atomic E-state index is 12.6. The first kappa shape index (κ1) is 96.9. The standard InChI is InChI=1S/C92H183NO5/c1-3-5-7-9-11-13-15-17-19-21-23-24-42-45-49-52-56-60-64-68-72-76-80-84-90(95)89(88-94)93-91(96)85-81-77-73-69-65-61-57-53-50-46-43-40-38-36-34-32-30-28-26-25-27-29-31-33-35-37-39-41-44-47-51-55-59-63-67-71-75-79-83-87-98-92(97)86-82-78-74-70-66-62-58-54-48-22-20-18-16-14-12-10-8-6-4-2/h89-90,94-95H,3-88H2,1-2H3,(H,93,96). The van der Waals surface area contributed by atoms with Crippen molar-refractivity contribution in [2.24, 2.45) is 0 Å². The Kier molecular flexibility index (Phi) is 87.2. The van der Waals surface area contributed by atoms with E-state index in [4.69, 9.17) is 4.74 Å². The molecule has 98 heavy (non-hydrogen) atoms. The van der Waals surface area contributed by atoms with Crippen molar-refractivity contribution in [3.63, 3.8) is 0 Å². The SMILES string of the molecule is CCCCCCCCCCCCCCCCCCCCCCCCCC(O)C(CO)NC(=O)CCCCCCCCCCCCCCCCCCCCCCCCCCCCCCCCCCCCCCCCCOC(=O)CCCCCCCCCCCCCCCCCCCCC. The van der Waals surface area contributed by atoms with Crippen LogP contribution in [0.15, 0.2) is 0 Å². The van der Waals surface area contributed by atoms with Crippen LogP contribution in [0.2, 0.25) is 0 Å². The highest BCUT2D eigenvalue weighted by molar-refractivity contribution is 5.76. The molecular formula is C92H183NO5. The van der Waals surface area contributed by atoms with E-state index in [1.807, 2.05) is 0 Å². The number of rotatable bonds is 89. The third-order valence-corrected chi connectivity index (χ3v) is 22.4. The van der Waals surface area contributed by atoms with Gasteiger partial charge in [-0.15, -0.1) is 0 Å². The molecule has 6 nitrogen and oxygen atoms in total. The van der Waals surface area contributed by atoms with Gasteiger partial charge in [-0.05, 0) is 25.7 Å². The molecule has 0 aliphatic carbocycles. The van der Waals surface area contributed by atoms with Crippen LogP contribution in [-0.2, 0) is 14.3 Å². The molecule has 0 saturated carbocycles. The van der Waals surface area contributed by atoms with Crippen LogP contribution in [0.4, 0.5) is 0 Å². The summed E-state index contributed by atoms with van der Waals surface area (Å²) in [4.78, 5) is 24.7. The molecule has 2 unspecified atom stereocenters. The number of aliphatic hydroxyl groups is 2. The number of nitrogens with one attached hydrogen (secondary N) is 1. The summed E-state index contributed by atoms with van der Waals surface area (Å²) in [5.41, 5.74) is 0. The number of hydrogen-bond donors (Lipinski definition) is 3. The smallest absolute Gasteiger partial charge is 0.305 e. The zero-order chi connectivity index (χ0) is 70.5. The fourth-order valence-electron chi connectivity index (χ4n) is 15.4. The Balaban J connectivity index is 3.28. The molecule has 0 aliphatic heterocycles. The summed E-state index contributed by atoms with van der Waals surface area (Å²) in [6.45, 7) is 5.04. The van der Waals surface area contributed by atoms with Crippen LogP contribution in [0.3, 0.4) is 0 Å². The van der Waals surface area contributed by atoms with Gasteiger partial charge in [0.05, 0.1) is 25.4 Å². The van der Waals surface area contributed by atoms with Gasteiger partial charge in [0.15, 0.2) is 0 Å². The van der Waals surface area contributed by atoms with E-state index in [0.717, 1.165) is 38.5 Å². The highest BCUT2D eigenvalue weighted by Gasteiger charge is 2.20.